The third-order valence-electron chi connectivity index (χ3n) is 3.52. The van der Waals surface area contributed by atoms with Gasteiger partial charge in [-0.15, -0.1) is 0 Å². The van der Waals surface area contributed by atoms with E-state index >= 15 is 0 Å². The lowest BCUT2D eigenvalue weighted by Gasteiger charge is -2.38. The summed E-state index contributed by atoms with van der Waals surface area (Å²) in [5, 5.41) is 0. The monoisotopic (exact) mass is 248 g/mol. The molecule has 0 spiro atoms. The lowest BCUT2D eigenvalue weighted by molar-refractivity contribution is 0.108. The summed E-state index contributed by atoms with van der Waals surface area (Å²) < 4.78 is 0. The number of aryl methyl sites for hydroxylation is 1. The molecule has 1 unspecified atom stereocenters. The van der Waals surface area contributed by atoms with Crippen molar-refractivity contribution in [2.24, 2.45) is 5.73 Å². The first-order valence-electron chi connectivity index (χ1n) is 7.09. The van der Waals surface area contributed by atoms with E-state index in [0.717, 1.165) is 32.4 Å². The standard InChI is InChI=1S/C16H28N2/c1-5-11-18(12-6-2)16(4,17)13-15-10-8-7-9-14(15)3/h7-10H,5-6,11-13,17H2,1-4H3. The normalized spacial score (nSPS) is 14.8. The van der Waals surface area contributed by atoms with Crippen LogP contribution in [0.5, 0.6) is 0 Å². The van der Waals surface area contributed by atoms with E-state index < -0.39 is 0 Å². The van der Waals surface area contributed by atoms with Crippen molar-refractivity contribution in [3.8, 4) is 0 Å². The summed E-state index contributed by atoms with van der Waals surface area (Å²) in [6.45, 7) is 10.9. The maximum absolute atomic E-state index is 6.56. The highest BCUT2D eigenvalue weighted by Gasteiger charge is 2.26. The van der Waals surface area contributed by atoms with Crippen LogP contribution < -0.4 is 5.73 Å². The van der Waals surface area contributed by atoms with Crippen LogP contribution >= 0.6 is 0 Å². The first kappa shape index (κ1) is 15.2. The van der Waals surface area contributed by atoms with Crippen molar-refractivity contribution in [1.29, 1.82) is 0 Å². The largest absolute Gasteiger partial charge is 0.313 e. The van der Waals surface area contributed by atoms with Gasteiger partial charge in [0.2, 0.25) is 0 Å². The molecular weight excluding hydrogens is 220 g/mol. The quantitative estimate of drug-likeness (QED) is 0.750. The molecule has 1 atom stereocenters. The molecule has 0 heterocycles. The van der Waals surface area contributed by atoms with Gasteiger partial charge in [-0.3, -0.25) is 4.90 Å². The van der Waals surface area contributed by atoms with Crippen LogP contribution in [0.25, 0.3) is 0 Å². The average molecular weight is 248 g/mol. The Balaban J connectivity index is 2.81. The van der Waals surface area contributed by atoms with Crippen LogP contribution in [0.4, 0.5) is 0 Å². The van der Waals surface area contributed by atoms with Crippen LogP contribution in [-0.2, 0) is 6.42 Å². The molecule has 0 saturated carbocycles. The summed E-state index contributed by atoms with van der Waals surface area (Å²) in [5.74, 6) is 0. The van der Waals surface area contributed by atoms with Crippen molar-refractivity contribution in [3.63, 3.8) is 0 Å². The molecule has 0 amide bonds. The number of hydrogen-bond acceptors (Lipinski definition) is 2. The lowest BCUT2D eigenvalue weighted by atomic mass is 9.96. The van der Waals surface area contributed by atoms with Crippen molar-refractivity contribution in [2.45, 2.75) is 52.6 Å². The molecule has 1 aromatic carbocycles. The zero-order valence-electron chi connectivity index (χ0n) is 12.4. The Morgan fingerprint density at radius 3 is 2.17 bits per heavy atom. The van der Waals surface area contributed by atoms with E-state index in [-0.39, 0.29) is 5.66 Å². The van der Waals surface area contributed by atoms with Gasteiger partial charge in [0.25, 0.3) is 0 Å². The summed E-state index contributed by atoms with van der Waals surface area (Å²) in [4.78, 5) is 2.42. The van der Waals surface area contributed by atoms with Gasteiger partial charge in [-0.25, -0.2) is 0 Å². The third kappa shape index (κ3) is 4.11. The highest BCUT2D eigenvalue weighted by atomic mass is 15.3. The molecule has 0 aliphatic heterocycles. The molecule has 0 radical (unpaired) electrons. The number of nitrogens with zero attached hydrogens (tertiary/aromatic N) is 1. The van der Waals surface area contributed by atoms with E-state index in [9.17, 15) is 0 Å². The van der Waals surface area contributed by atoms with E-state index in [1.807, 2.05) is 0 Å². The Labute approximate surface area is 112 Å². The average Bonchev–Trinajstić information content (AvgIpc) is 2.32. The molecule has 2 nitrogen and oxygen atoms in total. The van der Waals surface area contributed by atoms with Gasteiger partial charge in [-0.1, -0.05) is 38.1 Å². The smallest absolute Gasteiger partial charge is 0.0699 e. The fourth-order valence-electron chi connectivity index (χ4n) is 2.47. The van der Waals surface area contributed by atoms with Gasteiger partial charge in [-0.05, 0) is 50.9 Å². The predicted octanol–water partition coefficient (Wildman–Crippen LogP) is 3.33. The highest BCUT2D eigenvalue weighted by molar-refractivity contribution is 5.27. The van der Waals surface area contributed by atoms with Crippen LogP contribution in [0.2, 0.25) is 0 Å². The fourth-order valence-corrected chi connectivity index (χ4v) is 2.47. The van der Waals surface area contributed by atoms with E-state index in [4.69, 9.17) is 5.73 Å². The Bertz CT molecular complexity index is 352. The van der Waals surface area contributed by atoms with Crippen LogP contribution in [0.3, 0.4) is 0 Å². The maximum Gasteiger partial charge on any atom is 0.0699 e. The molecular formula is C16H28N2. The number of rotatable bonds is 7. The number of benzene rings is 1. The summed E-state index contributed by atoms with van der Waals surface area (Å²) in [6.07, 6.45) is 3.22. The van der Waals surface area contributed by atoms with E-state index in [0.29, 0.717) is 0 Å². The first-order valence-corrected chi connectivity index (χ1v) is 7.09. The molecule has 0 aliphatic carbocycles. The molecule has 0 aliphatic rings. The second-order valence-electron chi connectivity index (χ2n) is 5.45. The van der Waals surface area contributed by atoms with Gasteiger partial charge in [0.1, 0.15) is 0 Å². The molecule has 0 fully saturated rings. The SMILES string of the molecule is CCCN(CCC)C(C)(N)Cc1ccccc1C. The molecule has 2 heteroatoms. The van der Waals surface area contributed by atoms with Gasteiger partial charge in [-0.2, -0.15) is 0 Å². The van der Waals surface area contributed by atoms with Crippen molar-refractivity contribution in [3.05, 3.63) is 35.4 Å². The van der Waals surface area contributed by atoms with Gasteiger partial charge < -0.3 is 5.73 Å². The molecule has 2 N–H and O–H groups in total. The van der Waals surface area contributed by atoms with Crippen LogP contribution in [0, 0.1) is 6.92 Å². The maximum atomic E-state index is 6.56. The molecule has 0 saturated heterocycles. The van der Waals surface area contributed by atoms with Gasteiger partial charge >= 0.3 is 0 Å². The highest BCUT2D eigenvalue weighted by Crippen LogP contribution is 2.19. The Kier molecular flexibility index (Phi) is 5.83. The second kappa shape index (κ2) is 6.91. The molecule has 0 aromatic heterocycles. The zero-order chi connectivity index (χ0) is 13.6. The Morgan fingerprint density at radius 2 is 1.67 bits per heavy atom. The second-order valence-corrected chi connectivity index (χ2v) is 5.45. The zero-order valence-corrected chi connectivity index (χ0v) is 12.4. The van der Waals surface area contributed by atoms with Crippen molar-refractivity contribution >= 4 is 0 Å². The third-order valence-corrected chi connectivity index (χ3v) is 3.52. The summed E-state index contributed by atoms with van der Waals surface area (Å²) in [6, 6.07) is 8.54. The van der Waals surface area contributed by atoms with Crippen molar-refractivity contribution in [1.82, 2.24) is 4.90 Å². The minimum Gasteiger partial charge on any atom is -0.313 e. The number of hydrogen-bond donors (Lipinski definition) is 1. The molecule has 0 bridgehead atoms. The van der Waals surface area contributed by atoms with Crippen LogP contribution in [-0.4, -0.2) is 23.7 Å². The minimum absolute atomic E-state index is 0.252. The predicted molar refractivity (Wildman–Crippen MR) is 79.6 cm³/mol. The molecule has 102 valence electrons. The van der Waals surface area contributed by atoms with E-state index in [1.54, 1.807) is 0 Å². The molecule has 1 aromatic rings. The lowest BCUT2D eigenvalue weighted by Crippen LogP contribution is -2.55. The van der Waals surface area contributed by atoms with Gasteiger partial charge in [0.05, 0.1) is 5.66 Å². The summed E-state index contributed by atoms with van der Waals surface area (Å²) in [7, 11) is 0. The fraction of sp³-hybridized carbons (Fsp3) is 0.625. The topological polar surface area (TPSA) is 29.3 Å². The van der Waals surface area contributed by atoms with Crippen molar-refractivity contribution in [2.75, 3.05) is 13.1 Å². The van der Waals surface area contributed by atoms with E-state index in [2.05, 4.69) is 56.9 Å². The van der Waals surface area contributed by atoms with E-state index in [1.165, 1.54) is 11.1 Å². The Hall–Kier alpha value is -0.860. The minimum atomic E-state index is -0.252. The molecule has 18 heavy (non-hydrogen) atoms. The summed E-state index contributed by atoms with van der Waals surface area (Å²) >= 11 is 0. The molecule has 1 rings (SSSR count). The van der Waals surface area contributed by atoms with Crippen LogP contribution in [0.15, 0.2) is 24.3 Å². The van der Waals surface area contributed by atoms with Gasteiger partial charge in [0.15, 0.2) is 0 Å². The first-order chi connectivity index (χ1) is 8.51. The summed E-state index contributed by atoms with van der Waals surface area (Å²) in [5.41, 5.74) is 9.00. The number of nitrogens with two attached hydrogens (primary N) is 1. The van der Waals surface area contributed by atoms with Gasteiger partial charge in [0, 0.05) is 6.42 Å². The Morgan fingerprint density at radius 1 is 1.11 bits per heavy atom. The van der Waals surface area contributed by atoms with Crippen molar-refractivity contribution < 1.29 is 0 Å². The van der Waals surface area contributed by atoms with Crippen LogP contribution in [0.1, 0.15) is 44.7 Å².